The van der Waals surface area contributed by atoms with Gasteiger partial charge in [0.2, 0.25) is 5.91 Å². The van der Waals surface area contributed by atoms with Crippen LogP contribution in [0.5, 0.6) is 11.5 Å². The van der Waals surface area contributed by atoms with E-state index in [9.17, 15) is 9.59 Å². The molecule has 1 fully saturated rings. The average molecular weight is 439 g/mol. The van der Waals surface area contributed by atoms with Gasteiger partial charge in [0.15, 0.2) is 6.10 Å². The number of nitrogens with one attached hydrogen (secondary N) is 1. The molecule has 32 heavy (non-hydrogen) atoms. The number of anilines is 2. The zero-order chi connectivity index (χ0) is 22.5. The molecule has 0 bridgehead atoms. The molecule has 4 rings (SSSR count). The maximum absolute atomic E-state index is 12.9. The smallest absolute Gasteiger partial charge is 0.266 e. The van der Waals surface area contributed by atoms with Crippen molar-refractivity contribution in [2.75, 3.05) is 63.6 Å². The van der Waals surface area contributed by atoms with Crippen molar-refractivity contribution in [3.63, 3.8) is 0 Å². The molecule has 0 spiro atoms. The molecule has 2 heterocycles. The monoisotopic (exact) mass is 438 g/mol. The average Bonchev–Trinajstić information content (AvgIpc) is 2.80. The number of carbonyl (C=O) groups excluding carboxylic acids is 2. The second-order valence-corrected chi connectivity index (χ2v) is 8.28. The Morgan fingerprint density at radius 1 is 1.09 bits per heavy atom. The van der Waals surface area contributed by atoms with E-state index < -0.39 is 6.10 Å². The molecule has 0 aliphatic carbocycles. The van der Waals surface area contributed by atoms with Gasteiger partial charge >= 0.3 is 0 Å². The molecule has 1 saturated heterocycles. The van der Waals surface area contributed by atoms with Crippen LogP contribution in [0.3, 0.4) is 0 Å². The molecule has 8 heteroatoms. The Balaban J connectivity index is 1.31. The minimum absolute atomic E-state index is 0.0321. The van der Waals surface area contributed by atoms with Gasteiger partial charge < -0.3 is 29.5 Å². The van der Waals surface area contributed by atoms with E-state index in [1.165, 1.54) is 0 Å². The second kappa shape index (κ2) is 9.91. The number of hydrogen-bond acceptors (Lipinski definition) is 6. The lowest BCUT2D eigenvalue weighted by molar-refractivity contribution is -0.137. The molecule has 2 aliphatic rings. The first-order valence-corrected chi connectivity index (χ1v) is 11.0. The Kier molecular flexibility index (Phi) is 6.80. The Labute approximate surface area is 188 Å². The normalized spacial score (nSPS) is 18.1. The number of ether oxygens (including phenoxy) is 2. The maximum Gasteiger partial charge on any atom is 0.266 e. The largest absolute Gasteiger partial charge is 0.490 e. The van der Waals surface area contributed by atoms with E-state index in [0.717, 1.165) is 18.0 Å². The number of likely N-dealkylation sites (N-methyl/N-ethyl adjacent to an activating group) is 1. The Morgan fingerprint density at radius 3 is 2.59 bits per heavy atom. The van der Waals surface area contributed by atoms with E-state index in [1.807, 2.05) is 49.3 Å². The molecular weight excluding hydrogens is 408 g/mol. The van der Waals surface area contributed by atoms with Gasteiger partial charge in [-0.3, -0.25) is 9.59 Å². The molecule has 0 aromatic heterocycles. The fourth-order valence-electron chi connectivity index (χ4n) is 3.89. The summed E-state index contributed by atoms with van der Waals surface area (Å²) in [5.74, 6) is 1.11. The number of carbonyl (C=O) groups is 2. The minimum Gasteiger partial charge on any atom is -0.490 e. The van der Waals surface area contributed by atoms with Gasteiger partial charge in [-0.15, -0.1) is 0 Å². The lowest BCUT2D eigenvalue weighted by atomic mass is 10.1. The van der Waals surface area contributed by atoms with E-state index in [2.05, 4.69) is 21.2 Å². The number of para-hydroxylation sites is 4. The van der Waals surface area contributed by atoms with Crippen molar-refractivity contribution in [2.45, 2.75) is 12.5 Å². The predicted molar refractivity (Wildman–Crippen MR) is 123 cm³/mol. The molecule has 2 aromatic carbocycles. The van der Waals surface area contributed by atoms with Gasteiger partial charge in [-0.1, -0.05) is 24.3 Å². The van der Waals surface area contributed by atoms with Crippen molar-refractivity contribution in [1.82, 2.24) is 9.80 Å². The summed E-state index contributed by atoms with van der Waals surface area (Å²) in [6.45, 7) is 4.07. The number of piperazine rings is 1. The molecule has 0 saturated carbocycles. The molecule has 8 nitrogen and oxygen atoms in total. The summed E-state index contributed by atoms with van der Waals surface area (Å²) in [4.78, 5) is 31.3. The molecule has 0 radical (unpaired) electrons. The highest BCUT2D eigenvalue weighted by molar-refractivity contribution is 6.00. The first-order valence-electron chi connectivity index (χ1n) is 11.0. The quantitative estimate of drug-likeness (QED) is 0.714. The summed E-state index contributed by atoms with van der Waals surface area (Å²) in [7, 11) is 4.04. The van der Waals surface area contributed by atoms with Crippen LogP contribution in [-0.2, 0) is 9.59 Å². The Hall–Kier alpha value is -3.26. The summed E-state index contributed by atoms with van der Waals surface area (Å²) in [6.07, 6.45) is -0.772. The van der Waals surface area contributed by atoms with Crippen LogP contribution < -0.4 is 19.7 Å². The van der Waals surface area contributed by atoms with Crippen LogP contribution in [0.1, 0.15) is 6.42 Å². The summed E-state index contributed by atoms with van der Waals surface area (Å²) in [5.41, 5.74) is 1.69. The Morgan fingerprint density at radius 2 is 1.81 bits per heavy atom. The van der Waals surface area contributed by atoms with Crippen LogP contribution in [0.4, 0.5) is 11.4 Å². The first kappa shape index (κ1) is 22.0. The van der Waals surface area contributed by atoms with Crippen LogP contribution in [0.25, 0.3) is 0 Å². The zero-order valence-electron chi connectivity index (χ0n) is 18.6. The van der Waals surface area contributed by atoms with Crippen LogP contribution in [0.2, 0.25) is 0 Å². The lowest BCUT2D eigenvalue weighted by Crippen LogP contribution is -2.50. The highest BCUT2D eigenvalue weighted by Crippen LogP contribution is 2.31. The van der Waals surface area contributed by atoms with Gasteiger partial charge in [0.1, 0.15) is 18.1 Å². The highest BCUT2D eigenvalue weighted by atomic mass is 16.5. The fourth-order valence-corrected chi connectivity index (χ4v) is 3.89. The maximum atomic E-state index is 12.9. The standard InChI is InChI=1S/C24H30N4O4/c1-26(2)15-16-31-21-10-6-4-8-19(21)27-11-13-28(14-12-27)23(29)17-22-24(30)25-18-7-3-5-9-20(18)32-22/h3-10,22H,11-17H2,1-2H3,(H,25,30). The zero-order valence-corrected chi connectivity index (χ0v) is 18.6. The first-order chi connectivity index (χ1) is 15.5. The molecule has 1 N–H and O–H groups in total. The Bertz CT molecular complexity index is 957. The van der Waals surface area contributed by atoms with Crippen molar-refractivity contribution in [1.29, 1.82) is 0 Å². The van der Waals surface area contributed by atoms with Crippen LogP contribution in [0, 0.1) is 0 Å². The van der Waals surface area contributed by atoms with Crippen molar-refractivity contribution < 1.29 is 19.1 Å². The number of rotatable bonds is 7. The van der Waals surface area contributed by atoms with Crippen LogP contribution in [-0.4, -0.2) is 81.1 Å². The molecule has 2 amide bonds. The van der Waals surface area contributed by atoms with Crippen molar-refractivity contribution in [2.24, 2.45) is 0 Å². The molecule has 1 unspecified atom stereocenters. The SMILES string of the molecule is CN(C)CCOc1ccccc1N1CCN(C(=O)CC2Oc3ccccc3NC2=O)CC1. The van der Waals surface area contributed by atoms with Gasteiger partial charge in [-0.2, -0.15) is 0 Å². The summed E-state index contributed by atoms with van der Waals surface area (Å²) in [6, 6.07) is 15.3. The number of nitrogens with zero attached hydrogens (tertiary/aromatic N) is 3. The molecule has 170 valence electrons. The van der Waals surface area contributed by atoms with E-state index in [-0.39, 0.29) is 18.2 Å². The molecular formula is C24H30N4O4. The number of hydrogen-bond donors (Lipinski definition) is 1. The van der Waals surface area contributed by atoms with E-state index in [0.29, 0.717) is 44.2 Å². The van der Waals surface area contributed by atoms with Crippen molar-refractivity contribution in [3.05, 3.63) is 48.5 Å². The lowest BCUT2D eigenvalue weighted by Gasteiger charge is -2.37. The summed E-state index contributed by atoms with van der Waals surface area (Å²) < 4.78 is 11.8. The molecule has 2 aromatic rings. The minimum atomic E-state index is -0.804. The summed E-state index contributed by atoms with van der Waals surface area (Å²) >= 11 is 0. The van der Waals surface area contributed by atoms with Gasteiger partial charge in [0.25, 0.3) is 5.91 Å². The fraction of sp³-hybridized carbons (Fsp3) is 0.417. The van der Waals surface area contributed by atoms with E-state index in [4.69, 9.17) is 9.47 Å². The van der Waals surface area contributed by atoms with Crippen molar-refractivity contribution in [3.8, 4) is 11.5 Å². The van der Waals surface area contributed by atoms with Crippen molar-refractivity contribution >= 4 is 23.2 Å². The van der Waals surface area contributed by atoms with Gasteiger partial charge in [-0.25, -0.2) is 0 Å². The molecule has 1 atom stereocenters. The van der Waals surface area contributed by atoms with Gasteiger partial charge in [0, 0.05) is 32.7 Å². The van der Waals surface area contributed by atoms with Gasteiger partial charge in [-0.05, 0) is 38.4 Å². The third kappa shape index (κ3) is 5.13. The number of benzene rings is 2. The second-order valence-electron chi connectivity index (χ2n) is 8.28. The van der Waals surface area contributed by atoms with Gasteiger partial charge in [0.05, 0.1) is 17.8 Å². The highest BCUT2D eigenvalue weighted by Gasteiger charge is 2.32. The number of fused-ring (bicyclic) bond motifs is 1. The molecule has 2 aliphatic heterocycles. The number of amides is 2. The topological polar surface area (TPSA) is 74.3 Å². The van der Waals surface area contributed by atoms with Crippen LogP contribution >= 0.6 is 0 Å². The van der Waals surface area contributed by atoms with E-state index in [1.54, 1.807) is 12.1 Å². The third-order valence-corrected chi connectivity index (χ3v) is 5.70. The van der Waals surface area contributed by atoms with Crippen LogP contribution in [0.15, 0.2) is 48.5 Å². The predicted octanol–water partition coefficient (Wildman–Crippen LogP) is 2.07. The summed E-state index contributed by atoms with van der Waals surface area (Å²) in [5, 5.41) is 2.82. The third-order valence-electron chi connectivity index (χ3n) is 5.70. The van der Waals surface area contributed by atoms with E-state index >= 15 is 0 Å².